The lowest BCUT2D eigenvalue weighted by molar-refractivity contribution is 0.0766. The number of aliphatic hydroxyl groups excluding tert-OH is 1. The molecule has 2 aromatic carbocycles. The van der Waals surface area contributed by atoms with Gasteiger partial charge in [-0.05, 0) is 54.8 Å². The molecule has 3 aromatic rings. The highest BCUT2D eigenvalue weighted by atomic mass is 35.5. The summed E-state index contributed by atoms with van der Waals surface area (Å²) in [5.41, 5.74) is 1.80. The number of fused-ring (bicyclic) bond motifs is 1. The number of halogens is 2. The van der Waals surface area contributed by atoms with Gasteiger partial charge in [0.05, 0.1) is 22.9 Å². The first-order valence-corrected chi connectivity index (χ1v) is 13.4. The van der Waals surface area contributed by atoms with Crippen LogP contribution < -0.4 is 4.31 Å². The molecule has 0 aliphatic carbocycles. The predicted molar refractivity (Wildman–Crippen MR) is 131 cm³/mol. The molecule has 12 heteroatoms. The number of rotatable bonds is 6. The van der Waals surface area contributed by atoms with E-state index in [4.69, 9.17) is 23.2 Å². The lowest BCUT2D eigenvalue weighted by Crippen LogP contribution is -2.29. The fourth-order valence-electron chi connectivity index (χ4n) is 3.83. The van der Waals surface area contributed by atoms with Gasteiger partial charge in [0.2, 0.25) is 0 Å². The molecular formula is C21H22Cl2N3O5PS. The molecular weight excluding hydrogens is 508 g/mol. The molecule has 1 saturated heterocycles. The number of aromatic nitrogens is 1. The van der Waals surface area contributed by atoms with Crippen LogP contribution in [0.2, 0.25) is 10.0 Å². The maximum Gasteiger partial charge on any atom is 0.345 e. The number of carbonyl (C=O) groups is 1. The second-order valence-corrected chi connectivity index (χ2v) is 11.5. The monoisotopic (exact) mass is 529 g/mol. The predicted octanol–water partition coefficient (Wildman–Crippen LogP) is 4.34. The quantitative estimate of drug-likeness (QED) is 0.322. The molecule has 33 heavy (non-hydrogen) atoms. The van der Waals surface area contributed by atoms with Gasteiger partial charge >= 0.3 is 7.60 Å². The van der Waals surface area contributed by atoms with Crippen LogP contribution in [0.25, 0.3) is 10.9 Å². The Morgan fingerprint density at radius 3 is 2.52 bits per heavy atom. The van der Waals surface area contributed by atoms with Crippen molar-refractivity contribution in [3.8, 4) is 0 Å². The first-order chi connectivity index (χ1) is 15.5. The van der Waals surface area contributed by atoms with E-state index in [1.165, 1.54) is 4.31 Å². The van der Waals surface area contributed by atoms with Crippen molar-refractivity contribution in [2.75, 3.05) is 23.7 Å². The highest BCUT2D eigenvalue weighted by Crippen LogP contribution is 2.43. The van der Waals surface area contributed by atoms with Crippen LogP contribution in [0.5, 0.6) is 0 Å². The Kier molecular flexibility index (Phi) is 7.03. The van der Waals surface area contributed by atoms with Crippen molar-refractivity contribution in [3.05, 3.63) is 58.2 Å². The SMILES string of the molecule is Cn1cc(C(=O)N2CCC(O)C2)c2ccc(N(CP(=O)(O)O)Sc3cc(Cl)cc(Cl)c3)cc21. The van der Waals surface area contributed by atoms with Gasteiger partial charge in [0.25, 0.3) is 5.91 Å². The van der Waals surface area contributed by atoms with E-state index >= 15 is 0 Å². The van der Waals surface area contributed by atoms with E-state index < -0.39 is 20.0 Å². The van der Waals surface area contributed by atoms with E-state index in [9.17, 15) is 24.3 Å². The third kappa shape index (κ3) is 5.69. The molecule has 0 radical (unpaired) electrons. The van der Waals surface area contributed by atoms with Crippen LogP contribution in [0, 0.1) is 0 Å². The number of aliphatic hydroxyl groups is 1. The van der Waals surface area contributed by atoms with E-state index in [0.29, 0.717) is 45.7 Å². The molecule has 1 aromatic heterocycles. The van der Waals surface area contributed by atoms with Gasteiger partial charge in [-0.3, -0.25) is 13.7 Å². The summed E-state index contributed by atoms with van der Waals surface area (Å²) in [5.74, 6) is -0.153. The lowest BCUT2D eigenvalue weighted by Gasteiger charge is -2.24. The van der Waals surface area contributed by atoms with Gasteiger partial charge in [-0.1, -0.05) is 23.2 Å². The van der Waals surface area contributed by atoms with Crippen LogP contribution in [-0.4, -0.2) is 55.7 Å². The largest absolute Gasteiger partial charge is 0.391 e. The molecule has 4 rings (SSSR count). The molecule has 0 spiro atoms. The molecule has 0 bridgehead atoms. The first-order valence-electron chi connectivity index (χ1n) is 10.0. The summed E-state index contributed by atoms with van der Waals surface area (Å²) in [4.78, 5) is 34.5. The molecule has 1 amide bonds. The molecule has 3 N–H and O–H groups in total. The van der Waals surface area contributed by atoms with Crippen molar-refractivity contribution in [1.29, 1.82) is 0 Å². The summed E-state index contributed by atoms with van der Waals surface area (Å²) in [6.45, 7) is 0.811. The van der Waals surface area contributed by atoms with Crippen LogP contribution in [0.3, 0.4) is 0 Å². The molecule has 1 atom stereocenters. The van der Waals surface area contributed by atoms with Crippen LogP contribution in [0.15, 0.2) is 47.5 Å². The van der Waals surface area contributed by atoms with Gasteiger partial charge in [-0.2, -0.15) is 0 Å². The van der Waals surface area contributed by atoms with Gasteiger partial charge in [-0.15, -0.1) is 0 Å². The topological polar surface area (TPSA) is 106 Å². The summed E-state index contributed by atoms with van der Waals surface area (Å²) in [6.07, 6.45) is 1.25. The molecule has 1 fully saturated rings. The van der Waals surface area contributed by atoms with Crippen molar-refractivity contribution in [3.63, 3.8) is 0 Å². The molecule has 8 nitrogen and oxygen atoms in total. The average Bonchev–Trinajstić information content (AvgIpc) is 3.28. The number of aryl methyl sites for hydroxylation is 1. The van der Waals surface area contributed by atoms with Crippen molar-refractivity contribution in [2.45, 2.75) is 17.4 Å². The number of anilines is 1. The Morgan fingerprint density at radius 1 is 1.21 bits per heavy atom. The van der Waals surface area contributed by atoms with Crippen molar-refractivity contribution in [2.24, 2.45) is 7.05 Å². The zero-order valence-corrected chi connectivity index (χ0v) is 20.8. The second-order valence-electron chi connectivity index (χ2n) is 7.93. The third-order valence-corrected chi connectivity index (χ3v) is 7.59. The van der Waals surface area contributed by atoms with E-state index in [1.54, 1.807) is 59.1 Å². The van der Waals surface area contributed by atoms with Crippen molar-refractivity contribution < 1.29 is 24.3 Å². The van der Waals surface area contributed by atoms with Gasteiger partial charge in [0.1, 0.15) is 6.29 Å². The standard InChI is InChI=1S/C21H22Cl2N3O5PS/c1-24-11-19(21(28)25-5-4-16(27)10-25)18-3-2-15(9-20(18)24)26(12-32(29,30)31)33-17-7-13(22)6-14(23)8-17/h2-3,6-9,11,16,27H,4-5,10,12H2,1H3,(H2,29,30,31). The normalized spacial score (nSPS) is 16.5. The Balaban J connectivity index is 1.70. The van der Waals surface area contributed by atoms with Gasteiger partial charge in [-0.25, -0.2) is 0 Å². The van der Waals surface area contributed by atoms with E-state index in [0.717, 1.165) is 22.9 Å². The lowest BCUT2D eigenvalue weighted by atomic mass is 10.1. The average molecular weight is 530 g/mol. The summed E-state index contributed by atoms with van der Waals surface area (Å²) < 4.78 is 15.1. The van der Waals surface area contributed by atoms with E-state index in [1.807, 2.05) is 0 Å². The second kappa shape index (κ2) is 9.50. The first kappa shape index (κ1) is 24.4. The minimum atomic E-state index is -4.40. The third-order valence-electron chi connectivity index (χ3n) is 5.31. The fraction of sp³-hybridized carbons (Fsp3) is 0.286. The molecule has 2 heterocycles. The molecule has 1 aliphatic rings. The van der Waals surface area contributed by atoms with E-state index in [-0.39, 0.29) is 5.91 Å². The number of hydrogen-bond acceptors (Lipinski definition) is 5. The minimum Gasteiger partial charge on any atom is -0.391 e. The number of benzene rings is 2. The van der Waals surface area contributed by atoms with Gasteiger partial charge in [0.15, 0.2) is 0 Å². The molecule has 1 aliphatic heterocycles. The Bertz CT molecular complexity index is 1240. The summed E-state index contributed by atoms with van der Waals surface area (Å²) in [6, 6.07) is 10.2. The number of likely N-dealkylation sites (tertiary alicyclic amines) is 1. The minimum absolute atomic E-state index is 0.153. The summed E-state index contributed by atoms with van der Waals surface area (Å²) in [5, 5.41) is 11.3. The van der Waals surface area contributed by atoms with E-state index in [2.05, 4.69) is 0 Å². The highest BCUT2D eigenvalue weighted by Gasteiger charge is 2.28. The fourth-order valence-corrected chi connectivity index (χ4v) is 6.50. The van der Waals surface area contributed by atoms with Gasteiger partial charge in [0, 0.05) is 46.7 Å². The molecule has 1 unspecified atom stereocenters. The highest BCUT2D eigenvalue weighted by molar-refractivity contribution is 8.01. The number of amides is 1. The zero-order valence-electron chi connectivity index (χ0n) is 17.6. The van der Waals surface area contributed by atoms with Crippen LogP contribution in [0.4, 0.5) is 5.69 Å². The van der Waals surface area contributed by atoms with Crippen LogP contribution >= 0.6 is 42.7 Å². The van der Waals surface area contributed by atoms with Crippen molar-refractivity contribution in [1.82, 2.24) is 9.47 Å². The summed E-state index contributed by atoms with van der Waals surface area (Å²) >= 11 is 13.3. The Morgan fingerprint density at radius 2 is 1.91 bits per heavy atom. The maximum atomic E-state index is 13.0. The maximum absolute atomic E-state index is 13.0. The van der Waals surface area contributed by atoms with Gasteiger partial charge < -0.3 is 24.4 Å². The van der Waals surface area contributed by atoms with Crippen molar-refractivity contribution >= 4 is 65.2 Å². The Labute approximate surface area is 205 Å². The number of nitrogens with zero attached hydrogens (tertiary/aromatic N) is 3. The number of hydrogen-bond donors (Lipinski definition) is 3. The summed E-state index contributed by atoms with van der Waals surface area (Å²) in [7, 11) is -2.60. The van der Waals surface area contributed by atoms with Crippen LogP contribution in [-0.2, 0) is 11.6 Å². The Hall–Kier alpha value is -1.71. The number of β-amino-alcohol motifs (C(OH)–C–C–N with tert-alkyl or cyclic N) is 1. The zero-order chi connectivity index (χ0) is 23.9. The number of carbonyl (C=O) groups excluding carboxylic acids is 1. The van der Waals surface area contributed by atoms with Crippen LogP contribution in [0.1, 0.15) is 16.8 Å². The smallest absolute Gasteiger partial charge is 0.345 e. The molecule has 176 valence electrons. The molecule has 0 saturated carbocycles.